The van der Waals surface area contributed by atoms with Crippen molar-refractivity contribution in [3.63, 3.8) is 0 Å². The van der Waals surface area contributed by atoms with Crippen LogP contribution in [-0.2, 0) is 64.4 Å². The molecule has 0 rings (SSSR count). The molecule has 0 aromatic carbocycles. The Labute approximate surface area is 195 Å². The largest absolute Gasteiger partial charge is 4.00 e. The molecule has 0 saturated carbocycles. The molecular weight excluding hydrogens is 647 g/mol. The van der Waals surface area contributed by atoms with E-state index in [-0.39, 0.29) is 202 Å². The molecule has 0 aliphatic heterocycles. The van der Waals surface area contributed by atoms with Gasteiger partial charge in [0.1, 0.15) is 0 Å². The molecule has 0 saturated heterocycles. The van der Waals surface area contributed by atoms with Gasteiger partial charge in [0.25, 0.3) is 0 Å². The summed E-state index contributed by atoms with van der Waals surface area (Å²) < 4.78 is 0. The molecule has 0 fully saturated rings. The zero-order valence-electron chi connectivity index (χ0n) is 2.96. The van der Waals surface area contributed by atoms with E-state index in [0.29, 0.717) is 0 Å². The Balaban J connectivity index is 0. The van der Waals surface area contributed by atoms with Gasteiger partial charge in [-0.05, 0) is 0 Å². The van der Waals surface area contributed by atoms with Crippen LogP contribution in [0.25, 0.3) is 0 Å². The van der Waals surface area contributed by atoms with Gasteiger partial charge < -0.3 is 5.48 Å². The predicted molar refractivity (Wildman–Crippen MR) is 6.44 cm³/mol. The van der Waals surface area contributed by atoms with Crippen molar-refractivity contribution in [1.29, 1.82) is 0 Å². The molecule has 0 amide bonds. The van der Waals surface area contributed by atoms with Crippen molar-refractivity contribution in [2.24, 2.45) is 0 Å². The number of hydrogen-bond donors (Lipinski definition) is 0. The number of rotatable bonds is 0. The van der Waals surface area contributed by atoms with Crippen LogP contribution >= 0.6 is 0 Å². The van der Waals surface area contributed by atoms with Crippen LogP contribution in [0.3, 0.4) is 0 Å². The Morgan fingerprint density at radius 3 is 1.00 bits per heavy atom. The van der Waals surface area contributed by atoms with Crippen LogP contribution in [-0.4, -0.2) is 48.9 Å². The van der Waals surface area contributed by atoms with Crippen LogP contribution in [0.2, 0.25) is 0 Å². The molecular formula is BaCeOYYbZr+13. The molecule has 0 aromatic heterocycles. The van der Waals surface area contributed by atoms with Gasteiger partial charge in [-0.15, -0.1) is 0 Å². The monoisotopic (exact) mass is 647 g/mol. The molecule has 0 aliphatic rings. The van der Waals surface area contributed by atoms with Crippen LogP contribution in [0.4, 0.5) is 0 Å². The summed E-state index contributed by atoms with van der Waals surface area (Å²) in [5, 5.41) is 0. The summed E-state index contributed by atoms with van der Waals surface area (Å²) in [6, 6.07) is 0. The molecule has 0 heterocycles. The van der Waals surface area contributed by atoms with E-state index < -0.39 is 0 Å². The molecule has 0 aliphatic carbocycles. The zero-order valence-corrected chi connectivity index (χ0v) is 17.6. The Morgan fingerprint density at radius 2 is 1.00 bits per heavy atom. The van der Waals surface area contributed by atoms with Crippen molar-refractivity contribution in [3.05, 3.63) is 0 Å². The Morgan fingerprint density at radius 1 is 1.00 bits per heavy atom. The van der Waals surface area contributed by atoms with Gasteiger partial charge in [0.15, 0.2) is 0 Å². The van der Waals surface area contributed by atoms with Crippen molar-refractivity contribution < 1.29 is 153 Å². The van der Waals surface area contributed by atoms with Crippen molar-refractivity contribution in [2.75, 3.05) is 0 Å². The van der Waals surface area contributed by atoms with Crippen molar-refractivity contribution in [1.82, 2.24) is 0 Å². The summed E-state index contributed by atoms with van der Waals surface area (Å²) in [5.74, 6) is 0. The second kappa shape index (κ2) is 30.1. The molecule has 0 bridgehead atoms. The van der Waals surface area contributed by atoms with Gasteiger partial charge >= 0.3 is 196 Å². The maximum Gasteiger partial charge on any atom is 4.00 e. The summed E-state index contributed by atoms with van der Waals surface area (Å²) in [6.45, 7) is 0. The minimum atomic E-state index is 0. The molecule has 0 atom stereocenters. The fourth-order valence-corrected chi connectivity index (χ4v) is 0. The second-order valence-electron chi connectivity index (χ2n) is 0. The van der Waals surface area contributed by atoms with Gasteiger partial charge in [-0.25, -0.2) is 0 Å². The zero-order chi connectivity index (χ0) is 0. The van der Waals surface area contributed by atoms with E-state index >= 15 is 0 Å². The SMILES string of the molecule is [Ba+2].[Ce+3].[O-2].[Y+3].[Yb+3].[Zr+4]. The normalized spacial score (nSPS) is 0. The Bertz CT molecular complexity index is 15.5. The molecule has 2 radical (unpaired) electrons. The van der Waals surface area contributed by atoms with Gasteiger partial charge in [0.2, 0.25) is 0 Å². The molecule has 0 aromatic rings. The predicted octanol–water partition coefficient (Wildman–Crippen LogP) is -0.505. The molecule has 6 heavy (non-hydrogen) atoms. The summed E-state index contributed by atoms with van der Waals surface area (Å²) in [6.07, 6.45) is 0. The maximum absolute atomic E-state index is 0. The topological polar surface area (TPSA) is 28.5 Å². The third-order valence-electron chi connectivity index (χ3n) is 0. The first kappa shape index (κ1) is 39.3. The maximum atomic E-state index is 0. The number of hydrogen-bond acceptors (Lipinski definition) is 0. The fourth-order valence-electron chi connectivity index (χ4n) is 0. The Hall–Kier alpha value is 6.41. The summed E-state index contributed by atoms with van der Waals surface area (Å²) >= 11 is 0. The quantitative estimate of drug-likeness (QED) is 0.318. The average Bonchev–Trinajstić information content (AvgIpc) is 0. The summed E-state index contributed by atoms with van der Waals surface area (Å²) in [4.78, 5) is 0. The standard InChI is InChI=1S/Ba.Ce.O.Y.Yb.Zr/q+2;+3;-2;2*+3;+4. The van der Waals surface area contributed by atoms with E-state index in [1.165, 1.54) is 0 Å². The van der Waals surface area contributed by atoms with Crippen molar-refractivity contribution in [2.45, 2.75) is 0 Å². The molecule has 0 unspecified atom stereocenters. The van der Waals surface area contributed by atoms with E-state index in [4.69, 9.17) is 0 Å². The minimum absolute atomic E-state index is 0. The minimum Gasteiger partial charge on any atom is -2.00 e. The van der Waals surface area contributed by atoms with Gasteiger partial charge in [0, 0.05) is 0 Å². The van der Waals surface area contributed by atoms with Gasteiger partial charge in [-0.3, -0.25) is 0 Å². The van der Waals surface area contributed by atoms with E-state index in [9.17, 15) is 0 Å². The van der Waals surface area contributed by atoms with Gasteiger partial charge in [0.05, 0.1) is 0 Å². The van der Waals surface area contributed by atoms with E-state index in [1.54, 1.807) is 0 Å². The van der Waals surface area contributed by atoms with Gasteiger partial charge in [-0.1, -0.05) is 0 Å². The molecule has 0 spiro atoms. The Kier molecular flexibility index (Phi) is 197. The third-order valence-corrected chi connectivity index (χ3v) is 0. The van der Waals surface area contributed by atoms with Crippen molar-refractivity contribution in [3.8, 4) is 0 Å². The van der Waals surface area contributed by atoms with E-state index in [2.05, 4.69) is 0 Å². The van der Waals surface area contributed by atoms with E-state index in [1.807, 2.05) is 0 Å². The van der Waals surface area contributed by atoms with Crippen LogP contribution in [0.5, 0.6) is 0 Å². The first-order valence-corrected chi connectivity index (χ1v) is 0. The molecule has 1 nitrogen and oxygen atoms in total. The second-order valence-corrected chi connectivity index (χ2v) is 0. The van der Waals surface area contributed by atoms with E-state index in [0.717, 1.165) is 0 Å². The van der Waals surface area contributed by atoms with Crippen LogP contribution in [0.1, 0.15) is 0 Å². The van der Waals surface area contributed by atoms with Gasteiger partial charge in [-0.2, -0.15) is 0 Å². The first-order valence-electron chi connectivity index (χ1n) is 0. The van der Waals surface area contributed by atoms with Crippen LogP contribution < -0.4 is 0 Å². The smallest absolute Gasteiger partial charge is 2.00 e. The molecule has 0 N–H and O–H groups in total. The van der Waals surface area contributed by atoms with Crippen LogP contribution in [0.15, 0.2) is 0 Å². The molecule has 20 valence electrons. The molecule has 6 heteroatoms. The summed E-state index contributed by atoms with van der Waals surface area (Å²) in [5.41, 5.74) is 0. The first-order chi connectivity index (χ1) is 0. The van der Waals surface area contributed by atoms with Crippen molar-refractivity contribution >= 4 is 48.9 Å². The van der Waals surface area contributed by atoms with Crippen LogP contribution in [0, 0.1) is 88.7 Å². The fraction of sp³-hybridized carbons (Fsp3) is 0. The summed E-state index contributed by atoms with van der Waals surface area (Å²) in [7, 11) is 0. The average molecular weight is 647 g/mol. The third kappa shape index (κ3) is 22.4.